The van der Waals surface area contributed by atoms with Gasteiger partial charge >= 0.3 is 0 Å². The zero-order valence-electron chi connectivity index (χ0n) is 30.2. The summed E-state index contributed by atoms with van der Waals surface area (Å²) in [7, 11) is 3.25. The Morgan fingerprint density at radius 3 is 1.43 bits per heavy atom. The van der Waals surface area contributed by atoms with Gasteiger partial charge in [-0.3, -0.25) is 77.3 Å². The monoisotopic (exact) mass is 713 g/mol. The van der Waals surface area contributed by atoms with E-state index in [-0.39, 0.29) is 50.8 Å². The van der Waals surface area contributed by atoms with Crippen molar-refractivity contribution in [1.29, 1.82) is 0 Å². The van der Waals surface area contributed by atoms with Crippen LogP contribution >= 0.6 is 0 Å². The maximum atomic E-state index is 13.7. The molecule has 0 bridgehead atoms. The lowest BCUT2D eigenvalue weighted by molar-refractivity contribution is -0.152. The first-order valence-corrected chi connectivity index (χ1v) is 17.6. The van der Waals surface area contributed by atoms with E-state index in [4.69, 9.17) is 0 Å². The summed E-state index contributed by atoms with van der Waals surface area (Å²) < 4.78 is 0. The molecule has 5 saturated heterocycles. The summed E-state index contributed by atoms with van der Waals surface area (Å²) in [4.78, 5) is 138. The summed E-state index contributed by atoms with van der Waals surface area (Å²) in [6, 6.07) is -1.04. The van der Waals surface area contributed by atoms with Crippen molar-refractivity contribution < 1.29 is 47.9 Å². The van der Waals surface area contributed by atoms with Crippen molar-refractivity contribution in [1.82, 2.24) is 34.3 Å². The van der Waals surface area contributed by atoms with Gasteiger partial charge in [-0.1, -0.05) is 27.7 Å². The minimum Gasteiger partial charge on any atom is -0.305 e. The second kappa shape index (κ2) is 14.3. The molecule has 0 N–H and O–H groups in total. The van der Waals surface area contributed by atoms with Crippen molar-refractivity contribution in [2.24, 2.45) is 41.4 Å². The standard InChI is InChI=1S/C34H47N7O10/c1-8-20-10-24(42)38(30(20)47)15-39-25(43)11-21(31(39)48)12-36(7)26-19(5)29(46)41(34(26)51)16-40-28(45)18(4)23(33(40)50)14-35(6)13-22-17(3)27(44)37(9-2)32(22)49/h17-23,26H,8-16H2,1-7H3. The first-order chi connectivity index (χ1) is 23.9. The number of likely N-dealkylation sites (N-methyl/N-ethyl adjacent to an activating group) is 1. The Hall–Kier alpha value is -4.38. The molecule has 5 fully saturated rings. The van der Waals surface area contributed by atoms with Crippen LogP contribution in [0, 0.1) is 41.4 Å². The van der Waals surface area contributed by atoms with Crippen LogP contribution in [0.2, 0.25) is 0 Å². The highest BCUT2D eigenvalue weighted by Crippen LogP contribution is 2.33. The van der Waals surface area contributed by atoms with Gasteiger partial charge in [-0.15, -0.1) is 0 Å². The molecule has 0 aromatic heterocycles. The molecule has 5 rings (SSSR count). The van der Waals surface area contributed by atoms with Gasteiger partial charge in [-0.25, -0.2) is 0 Å². The van der Waals surface area contributed by atoms with E-state index in [9.17, 15) is 47.9 Å². The number of amides is 10. The van der Waals surface area contributed by atoms with Crippen molar-refractivity contribution in [2.45, 2.75) is 59.9 Å². The van der Waals surface area contributed by atoms with Crippen molar-refractivity contribution in [3.05, 3.63) is 0 Å². The average molecular weight is 714 g/mol. The molecule has 0 saturated carbocycles. The summed E-state index contributed by atoms with van der Waals surface area (Å²) in [5, 5.41) is 0. The molecule has 5 aliphatic rings. The topological polar surface area (TPSA) is 193 Å². The summed E-state index contributed by atoms with van der Waals surface area (Å²) >= 11 is 0. The molecule has 10 amide bonds. The number of carbonyl (C=O) groups excluding carboxylic acids is 10. The molecule has 8 atom stereocenters. The lowest BCUT2D eigenvalue weighted by Gasteiger charge is -2.27. The molecule has 0 aromatic carbocycles. The van der Waals surface area contributed by atoms with Crippen molar-refractivity contribution >= 4 is 59.1 Å². The van der Waals surface area contributed by atoms with Crippen LogP contribution in [-0.2, 0) is 47.9 Å². The van der Waals surface area contributed by atoms with E-state index in [1.165, 1.54) is 16.7 Å². The number of nitrogens with zero attached hydrogens (tertiary/aromatic N) is 7. The third kappa shape index (κ3) is 6.49. The predicted molar refractivity (Wildman–Crippen MR) is 174 cm³/mol. The van der Waals surface area contributed by atoms with E-state index < -0.39 is 108 Å². The minimum atomic E-state index is -1.04. The van der Waals surface area contributed by atoms with E-state index in [1.807, 2.05) is 0 Å². The van der Waals surface area contributed by atoms with Gasteiger partial charge in [0.15, 0.2) is 0 Å². The van der Waals surface area contributed by atoms with Crippen LogP contribution in [0.5, 0.6) is 0 Å². The van der Waals surface area contributed by atoms with Crippen LogP contribution in [0.4, 0.5) is 0 Å². The SMILES string of the molecule is CCC1CC(=O)N(CN2C(=O)CC(CN(C)C3C(=O)N(CN4C(=O)C(C)C(CN(C)CC5C(=O)N(CC)C(=O)C5C)C4=O)C(=O)C3C)C2=O)C1=O. The zero-order chi connectivity index (χ0) is 37.8. The van der Waals surface area contributed by atoms with Crippen LogP contribution in [0.1, 0.15) is 53.9 Å². The molecule has 17 heteroatoms. The molecule has 5 aliphatic heterocycles. The van der Waals surface area contributed by atoms with Gasteiger partial charge in [-0.2, -0.15) is 0 Å². The third-order valence-corrected chi connectivity index (χ3v) is 11.4. The molecular weight excluding hydrogens is 666 g/mol. The Morgan fingerprint density at radius 1 is 0.510 bits per heavy atom. The van der Waals surface area contributed by atoms with Crippen LogP contribution in [-0.4, -0.2) is 153 Å². The maximum Gasteiger partial charge on any atom is 0.248 e. The lowest BCUT2D eigenvalue weighted by atomic mass is 9.94. The Balaban J connectivity index is 1.19. The Bertz CT molecular complexity index is 1580. The summed E-state index contributed by atoms with van der Waals surface area (Å²) in [6.07, 6.45) is 0.287. The number of carbonyl (C=O) groups is 10. The van der Waals surface area contributed by atoms with Crippen molar-refractivity contribution in [3.63, 3.8) is 0 Å². The smallest absolute Gasteiger partial charge is 0.248 e. The fraction of sp³-hybridized carbons (Fsp3) is 0.706. The number of rotatable bonds is 13. The van der Waals surface area contributed by atoms with Gasteiger partial charge in [0.05, 0.1) is 23.7 Å². The highest BCUT2D eigenvalue weighted by Gasteiger charge is 2.53. The zero-order valence-corrected chi connectivity index (χ0v) is 30.2. The highest BCUT2D eigenvalue weighted by molar-refractivity contribution is 6.10. The highest BCUT2D eigenvalue weighted by atomic mass is 16.2. The normalized spacial score (nSPS) is 32.0. The van der Waals surface area contributed by atoms with Gasteiger partial charge in [0.2, 0.25) is 59.1 Å². The summed E-state index contributed by atoms with van der Waals surface area (Å²) in [6.45, 7) is 7.83. The second-order valence-electron chi connectivity index (χ2n) is 14.6. The number of imide groups is 5. The predicted octanol–water partition coefficient (Wildman–Crippen LogP) is -1.44. The molecule has 0 radical (unpaired) electrons. The van der Waals surface area contributed by atoms with E-state index in [2.05, 4.69) is 0 Å². The van der Waals surface area contributed by atoms with Gasteiger partial charge in [0.25, 0.3) is 0 Å². The first kappa shape index (κ1) is 37.9. The van der Waals surface area contributed by atoms with E-state index in [0.29, 0.717) is 6.42 Å². The fourth-order valence-corrected chi connectivity index (χ4v) is 8.13. The van der Waals surface area contributed by atoms with E-state index >= 15 is 0 Å². The molecule has 0 aromatic rings. The van der Waals surface area contributed by atoms with Crippen LogP contribution in [0.25, 0.3) is 0 Å². The summed E-state index contributed by atoms with van der Waals surface area (Å²) in [5.74, 6) is -9.80. The second-order valence-corrected chi connectivity index (χ2v) is 14.6. The first-order valence-electron chi connectivity index (χ1n) is 17.6. The number of likely N-dealkylation sites (tertiary alicyclic amines) is 5. The molecule has 17 nitrogen and oxygen atoms in total. The Kier molecular flexibility index (Phi) is 10.6. The quantitative estimate of drug-likeness (QED) is 0.202. The molecule has 8 unspecified atom stereocenters. The molecule has 0 spiro atoms. The van der Waals surface area contributed by atoms with E-state index in [0.717, 1.165) is 19.6 Å². The molecule has 51 heavy (non-hydrogen) atoms. The molecule has 5 heterocycles. The molecule has 278 valence electrons. The summed E-state index contributed by atoms with van der Waals surface area (Å²) in [5.41, 5.74) is 0. The average Bonchev–Trinajstić information content (AvgIpc) is 3.72. The third-order valence-electron chi connectivity index (χ3n) is 11.4. The van der Waals surface area contributed by atoms with Gasteiger partial charge in [0, 0.05) is 56.8 Å². The number of hydrogen-bond donors (Lipinski definition) is 0. The maximum absolute atomic E-state index is 13.7. The largest absolute Gasteiger partial charge is 0.305 e. The van der Waals surface area contributed by atoms with Crippen LogP contribution in [0.15, 0.2) is 0 Å². The fourth-order valence-electron chi connectivity index (χ4n) is 8.13. The molecule has 0 aliphatic carbocycles. The van der Waals surface area contributed by atoms with E-state index in [1.54, 1.807) is 46.7 Å². The van der Waals surface area contributed by atoms with Crippen molar-refractivity contribution in [2.75, 3.05) is 53.6 Å². The number of hydrogen-bond acceptors (Lipinski definition) is 12. The Morgan fingerprint density at radius 2 is 0.941 bits per heavy atom. The Labute approximate surface area is 296 Å². The lowest BCUT2D eigenvalue weighted by Crippen LogP contribution is -2.48. The van der Waals surface area contributed by atoms with Gasteiger partial charge < -0.3 is 4.90 Å². The van der Waals surface area contributed by atoms with Crippen LogP contribution in [0.3, 0.4) is 0 Å². The minimum absolute atomic E-state index is 0.0261. The molecular formula is C34H47N7O10. The van der Waals surface area contributed by atoms with Gasteiger partial charge in [0.1, 0.15) is 19.4 Å². The van der Waals surface area contributed by atoms with Crippen LogP contribution < -0.4 is 0 Å². The van der Waals surface area contributed by atoms with Gasteiger partial charge in [-0.05, 0) is 27.4 Å². The van der Waals surface area contributed by atoms with Crippen molar-refractivity contribution in [3.8, 4) is 0 Å².